The van der Waals surface area contributed by atoms with Crippen LogP contribution >= 0.6 is 0 Å². The number of likely N-dealkylation sites (N-methyl/N-ethyl adjacent to an activating group) is 1. The summed E-state index contributed by atoms with van der Waals surface area (Å²) in [5, 5.41) is 0. The Morgan fingerprint density at radius 3 is 2.58 bits per heavy atom. The molecular formula is C11H20N+. The minimum absolute atomic E-state index is 1.16. The summed E-state index contributed by atoms with van der Waals surface area (Å²) < 4.78 is 1.16. The maximum Gasteiger partial charge on any atom is 0.102 e. The molecule has 0 aromatic carbocycles. The van der Waals surface area contributed by atoms with Crippen LogP contribution in [0.15, 0.2) is 24.4 Å². The van der Waals surface area contributed by atoms with Crippen molar-refractivity contribution in [1.82, 2.24) is 0 Å². The van der Waals surface area contributed by atoms with Crippen molar-refractivity contribution in [2.45, 2.75) is 26.7 Å². The maximum atomic E-state index is 2.34. The molecule has 0 amide bonds. The second-order valence-electron chi connectivity index (χ2n) is 3.56. The Morgan fingerprint density at radius 2 is 2.08 bits per heavy atom. The average Bonchev–Trinajstić information content (AvgIpc) is 2.16. The minimum atomic E-state index is 1.16. The molecule has 1 heteroatoms. The van der Waals surface area contributed by atoms with E-state index in [0.717, 1.165) is 4.48 Å². The Balaban J connectivity index is 2.51. The summed E-state index contributed by atoms with van der Waals surface area (Å²) >= 11 is 0. The monoisotopic (exact) mass is 166 g/mol. The number of allylic oxidation sites excluding steroid dienone is 2. The van der Waals surface area contributed by atoms with Crippen LogP contribution in [-0.2, 0) is 0 Å². The molecule has 1 aliphatic rings. The topological polar surface area (TPSA) is 0 Å². The van der Waals surface area contributed by atoms with Gasteiger partial charge in [0.1, 0.15) is 6.54 Å². The van der Waals surface area contributed by atoms with Gasteiger partial charge in [-0.05, 0) is 25.5 Å². The lowest BCUT2D eigenvalue weighted by molar-refractivity contribution is -0.872. The Morgan fingerprint density at radius 1 is 1.25 bits per heavy atom. The molecule has 0 N–H and O–H groups in total. The predicted molar refractivity (Wildman–Crippen MR) is 53.7 cm³/mol. The van der Waals surface area contributed by atoms with E-state index >= 15 is 0 Å². The molecule has 0 saturated heterocycles. The number of nitrogens with zero attached hydrogens (tertiary/aromatic N) is 1. The third-order valence-corrected chi connectivity index (χ3v) is 2.71. The van der Waals surface area contributed by atoms with Crippen molar-refractivity contribution in [3.8, 4) is 0 Å². The number of hydrogen-bond donors (Lipinski definition) is 0. The number of quaternary nitrogens is 1. The van der Waals surface area contributed by atoms with Gasteiger partial charge in [0.05, 0.1) is 19.3 Å². The quantitative estimate of drug-likeness (QED) is 0.563. The molecule has 0 aliphatic carbocycles. The minimum Gasteiger partial charge on any atom is -0.294 e. The molecule has 0 radical (unpaired) electrons. The highest BCUT2D eigenvalue weighted by Gasteiger charge is 2.20. The molecule has 0 bridgehead atoms. The summed E-state index contributed by atoms with van der Waals surface area (Å²) in [4.78, 5) is 0. The molecule has 1 heterocycles. The van der Waals surface area contributed by atoms with Crippen molar-refractivity contribution in [2.75, 3.05) is 19.6 Å². The van der Waals surface area contributed by atoms with Gasteiger partial charge in [0.15, 0.2) is 0 Å². The molecule has 0 aromatic heterocycles. The normalized spacial score (nSPS) is 27.8. The van der Waals surface area contributed by atoms with E-state index in [0.29, 0.717) is 0 Å². The fourth-order valence-electron chi connectivity index (χ4n) is 1.67. The first-order valence-electron chi connectivity index (χ1n) is 5.03. The number of unbranched alkanes of at least 4 members (excludes halogenated alkanes) is 1. The summed E-state index contributed by atoms with van der Waals surface area (Å²) in [6.07, 6.45) is 11.6. The molecule has 0 fully saturated rings. The van der Waals surface area contributed by atoms with Gasteiger partial charge in [0, 0.05) is 0 Å². The Kier molecular flexibility index (Phi) is 3.54. The highest BCUT2D eigenvalue weighted by atomic mass is 15.3. The average molecular weight is 166 g/mol. The van der Waals surface area contributed by atoms with Crippen molar-refractivity contribution < 1.29 is 4.48 Å². The molecule has 1 atom stereocenters. The second-order valence-corrected chi connectivity index (χ2v) is 3.56. The lowest BCUT2D eigenvalue weighted by Gasteiger charge is -2.34. The first-order chi connectivity index (χ1) is 5.83. The van der Waals surface area contributed by atoms with Crippen molar-refractivity contribution in [1.29, 1.82) is 0 Å². The predicted octanol–water partition coefficient (Wildman–Crippen LogP) is 2.71. The zero-order valence-corrected chi connectivity index (χ0v) is 8.29. The molecule has 0 saturated carbocycles. The third kappa shape index (κ3) is 2.21. The van der Waals surface area contributed by atoms with E-state index in [9.17, 15) is 0 Å². The van der Waals surface area contributed by atoms with Crippen LogP contribution < -0.4 is 0 Å². The van der Waals surface area contributed by atoms with Crippen molar-refractivity contribution in [3.63, 3.8) is 0 Å². The van der Waals surface area contributed by atoms with Gasteiger partial charge in [-0.3, -0.25) is 4.48 Å². The van der Waals surface area contributed by atoms with E-state index in [1.807, 2.05) is 0 Å². The van der Waals surface area contributed by atoms with Crippen LogP contribution in [0.1, 0.15) is 26.7 Å². The van der Waals surface area contributed by atoms with Crippen molar-refractivity contribution >= 4 is 0 Å². The molecule has 1 unspecified atom stereocenters. The van der Waals surface area contributed by atoms with Gasteiger partial charge < -0.3 is 0 Å². The van der Waals surface area contributed by atoms with Gasteiger partial charge in [-0.2, -0.15) is 0 Å². The molecular weight excluding hydrogens is 146 g/mol. The van der Waals surface area contributed by atoms with Gasteiger partial charge in [-0.1, -0.05) is 19.4 Å². The fourth-order valence-corrected chi connectivity index (χ4v) is 1.67. The molecule has 0 spiro atoms. The summed E-state index contributed by atoms with van der Waals surface area (Å²) in [7, 11) is 0. The molecule has 1 nitrogen and oxygen atoms in total. The molecule has 12 heavy (non-hydrogen) atoms. The molecule has 68 valence electrons. The lowest BCUT2D eigenvalue weighted by Crippen LogP contribution is -2.44. The largest absolute Gasteiger partial charge is 0.294 e. The number of rotatable bonds is 4. The van der Waals surface area contributed by atoms with Crippen LogP contribution in [-0.4, -0.2) is 24.1 Å². The SMILES string of the molecule is CCCC[N+]1(CC)C=CC=CC1. The third-order valence-electron chi connectivity index (χ3n) is 2.71. The first kappa shape index (κ1) is 9.53. The standard InChI is InChI=1S/C11H20N/c1-3-5-9-12(4-2)10-7-6-8-11-12/h6-8,10H,3-5,9,11H2,1-2H3/q+1. The molecule has 1 aliphatic heterocycles. The van der Waals surface area contributed by atoms with E-state index in [-0.39, 0.29) is 0 Å². The van der Waals surface area contributed by atoms with Crippen LogP contribution in [0.25, 0.3) is 0 Å². The maximum absolute atomic E-state index is 2.34. The first-order valence-corrected chi connectivity index (χ1v) is 5.03. The highest BCUT2D eigenvalue weighted by molar-refractivity contribution is 5.03. The van der Waals surface area contributed by atoms with Crippen molar-refractivity contribution in [3.05, 3.63) is 24.4 Å². The fraction of sp³-hybridized carbons (Fsp3) is 0.636. The number of hydrogen-bond acceptors (Lipinski definition) is 0. The smallest absolute Gasteiger partial charge is 0.102 e. The van der Waals surface area contributed by atoms with Crippen LogP contribution in [0, 0.1) is 0 Å². The Hall–Kier alpha value is -0.560. The van der Waals surface area contributed by atoms with E-state index < -0.39 is 0 Å². The van der Waals surface area contributed by atoms with Crippen LogP contribution in [0.3, 0.4) is 0 Å². The van der Waals surface area contributed by atoms with Gasteiger partial charge in [0.2, 0.25) is 0 Å². The molecule has 0 aromatic rings. The highest BCUT2D eigenvalue weighted by Crippen LogP contribution is 2.14. The van der Waals surface area contributed by atoms with Gasteiger partial charge in [-0.25, -0.2) is 0 Å². The lowest BCUT2D eigenvalue weighted by atomic mass is 10.2. The summed E-state index contributed by atoms with van der Waals surface area (Å²) in [6.45, 7) is 8.25. The molecule has 1 rings (SSSR count). The van der Waals surface area contributed by atoms with E-state index in [1.165, 1.54) is 32.5 Å². The summed E-state index contributed by atoms with van der Waals surface area (Å²) in [5.74, 6) is 0. The van der Waals surface area contributed by atoms with Crippen LogP contribution in [0.2, 0.25) is 0 Å². The van der Waals surface area contributed by atoms with E-state index in [2.05, 4.69) is 38.3 Å². The van der Waals surface area contributed by atoms with Crippen molar-refractivity contribution in [2.24, 2.45) is 0 Å². The zero-order valence-electron chi connectivity index (χ0n) is 8.29. The summed E-state index contributed by atoms with van der Waals surface area (Å²) in [5.41, 5.74) is 0. The van der Waals surface area contributed by atoms with Gasteiger partial charge >= 0.3 is 0 Å². The Labute approximate surface area is 76.0 Å². The van der Waals surface area contributed by atoms with Crippen LogP contribution in [0.4, 0.5) is 0 Å². The van der Waals surface area contributed by atoms with Crippen LogP contribution in [0.5, 0.6) is 0 Å². The van der Waals surface area contributed by atoms with E-state index in [4.69, 9.17) is 0 Å². The zero-order chi connectivity index (χ0) is 8.86. The van der Waals surface area contributed by atoms with E-state index in [1.54, 1.807) is 0 Å². The van der Waals surface area contributed by atoms with Gasteiger partial charge in [-0.15, -0.1) is 0 Å². The summed E-state index contributed by atoms with van der Waals surface area (Å²) in [6, 6.07) is 0. The van der Waals surface area contributed by atoms with Gasteiger partial charge in [0.25, 0.3) is 0 Å². The second kappa shape index (κ2) is 4.46. The Bertz CT molecular complexity index is 181.